The van der Waals surface area contributed by atoms with Gasteiger partial charge in [-0.1, -0.05) is 0 Å². The quantitative estimate of drug-likeness (QED) is 0.743. The highest BCUT2D eigenvalue weighted by Crippen LogP contribution is 2.16. The number of nitrogens with zero attached hydrogens (tertiary/aromatic N) is 4. The first-order chi connectivity index (χ1) is 7.61. The zero-order valence-electron chi connectivity index (χ0n) is 9.56. The summed E-state index contributed by atoms with van der Waals surface area (Å²) in [4.78, 5) is 10.5. The number of aromatic nitrogens is 2. The average Bonchev–Trinajstić information content (AvgIpc) is 2.28. The Bertz CT molecular complexity index is 403. The fraction of sp³-hybridized carbons (Fsp3) is 0.545. The van der Waals surface area contributed by atoms with E-state index in [1.165, 1.54) is 6.20 Å². The monoisotopic (exact) mass is 217 g/mol. The van der Waals surface area contributed by atoms with Crippen LogP contribution in [-0.2, 0) is 0 Å². The summed E-state index contributed by atoms with van der Waals surface area (Å²) >= 11 is 0. The number of rotatable bonds is 1. The number of piperazine rings is 1. The van der Waals surface area contributed by atoms with Crippen molar-refractivity contribution < 1.29 is 0 Å². The van der Waals surface area contributed by atoms with Crippen molar-refractivity contribution in [2.75, 3.05) is 24.5 Å². The molecule has 0 aromatic carbocycles. The maximum atomic E-state index is 8.65. The molecule has 0 saturated carbocycles. The highest BCUT2D eigenvalue weighted by molar-refractivity contribution is 5.38. The molecular formula is C11H15N5. The van der Waals surface area contributed by atoms with Gasteiger partial charge >= 0.3 is 0 Å². The van der Waals surface area contributed by atoms with Crippen molar-refractivity contribution in [3.63, 3.8) is 0 Å². The van der Waals surface area contributed by atoms with Gasteiger partial charge in [0.25, 0.3) is 0 Å². The molecule has 1 saturated heterocycles. The molecule has 5 heteroatoms. The number of hydrogen-bond donors (Lipinski definition) is 1. The van der Waals surface area contributed by atoms with E-state index in [1.807, 2.05) is 6.07 Å². The Morgan fingerprint density at radius 1 is 1.44 bits per heavy atom. The molecule has 2 heterocycles. The van der Waals surface area contributed by atoms with E-state index in [-0.39, 0.29) is 5.54 Å². The second-order valence-corrected chi connectivity index (χ2v) is 4.60. The minimum absolute atomic E-state index is 0.0911. The molecule has 0 radical (unpaired) electrons. The van der Waals surface area contributed by atoms with Gasteiger partial charge in [-0.3, -0.25) is 0 Å². The number of nitrogens with one attached hydrogen (secondary N) is 1. The SMILES string of the molecule is CC1(C)CN(c2cnc(C#N)cn2)CCN1. The summed E-state index contributed by atoms with van der Waals surface area (Å²) in [6.45, 7) is 7.08. The lowest BCUT2D eigenvalue weighted by Crippen LogP contribution is -2.57. The van der Waals surface area contributed by atoms with E-state index in [2.05, 4.69) is 34.0 Å². The first-order valence-electron chi connectivity index (χ1n) is 5.33. The molecule has 16 heavy (non-hydrogen) atoms. The van der Waals surface area contributed by atoms with Crippen molar-refractivity contribution >= 4 is 5.82 Å². The molecule has 0 spiro atoms. The lowest BCUT2D eigenvalue weighted by atomic mass is 10.0. The molecule has 1 fully saturated rings. The number of hydrogen-bond acceptors (Lipinski definition) is 5. The van der Waals surface area contributed by atoms with Gasteiger partial charge in [-0.25, -0.2) is 9.97 Å². The Labute approximate surface area is 95.1 Å². The predicted octanol–water partition coefficient (Wildman–Crippen LogP) is 0.536. The largest absolute Gasteiger partial charge is 0.352 e. The molecule has 1 aliphatic rings. The molecule has 0 aliphatic carbocycles. The Kier molecular flexibility index (Phi) is 2.75. The third kappa shape index (κ3) is 2.28. The first kappa shape index (κ1) is 10.8. The third-order valence-corrected chi connectivity index (χ3v) is 2.65. The first-order valence-corrected chi connectivity index (χ1v) is 5.33. The van der Waals surface area contributed by atoms with Gasteiger partial charge in [0.05, 0.1) is 12.4 Å². The highest BCUT2D eigenvalue weighted by atomic mass is 15.3. The molecule has 1 aliphatic heterocycles. The van der Waals surface area contributed by atoms with Gasteiger partial charge in [-0.05, 0) is 13.8 Å². The molecule has 1 aromatic rings. The van der Waals surface area contributed by atoms with Crippen molar-refractivity contribution in [3.05, 3.63) is 18.1 Å². The van der Waals surface area contributed by atoms with Crippen LogP contribution in [0.3, 0.4) is 0 Å². The van der Waals surface area contributed by atoms with Crippen LogP contribution >= 0.6 is 0 Å². The molecule has 5 nitrogen and oxygen atoms in total. The van der Waals surface area contributed by atoms with E-state index < -0.39 is 0 Å². The van der Waals surface area contributed by atoms with Crippen molar-refractivity contribution in [2.24, 2.45) is 0 Å². The zero-order valence-corrected chi connectivity index (χ0v) is 9.56. The van der Waals surface area contributed by atoms with Crippen molar-refractivity contribution in [1.29, 1.82) is 5.26 Å². The summed E-state index contributed by atoms with van der Waals surface area (Å²) in [6.07, 6.45) is 3.18. The van der Waals surface area contributed by atoms with Gasteiger partial charge in [0, 0.05) is 25.2 Å². The molecule has 0 atom stereocenters. The van der Waals surface area contributed by atoms with Crippen LogP contribution in [0.2, 0.25) is 0 Å². The van der Waals surface area contributed by atoms with E-state index in [9.17, 15) is 0 Å². The van der Waals surface area contributed by atoms with Crippen LogP contribution < -0.4 is 10.2 Å². The maximum Gasteiger partial charge on any atom is 0.158 e. The number of nitriles is 1. The average molecular weight is 217 g/mol. The fourth-order valence-electron chi connectivity index (χ4n) is 1.88. The van der Waals surface area contributed by atoms with Gasteiger partial charge in [-0.2, -0.15) is 5.26 Å². The van der Waals surface area contributed by atoms with Gasteiger partial charge < -0.3 is 10.2 Å². The Morgan fingerprint density at radius 2 is 2.25 bits per heavy atom. The van der Waals surface area contributed by atoms with Crippen molar-refractivity contribution in [2.45, 2.75) is 19.4 Å². The standard InChI is InChI=1S/C11H15N5/c1-11(2)8-16(4-3-15-11)10-7-13-9(5-12)6-14-10/h6-7,15H,3-4,8H2,1-2H3. The van der Waals surface area contributed by atoms with Gasteiger partial charge in [0.15, 0.2) is 5.69 Å². The van der Waals surface area contributed by atoms with E-state index in [0.717, 1.165) is 25.5 Å². The van der Waals surface area contributed by atoms with Crippen LogP contribution in [0.4, 0.5) is 5.82 Å². The minimum Gasteiger partial charge on any atom is -0.352 e. The molecule has 0 amide bonds. The number of anilines is 1. The Morgan fingerprint density at radius 3 is 2.81 bits per heavy atom. The minimum atomic E-state index is 0.0911. The smallest absolute Gasteiger partial charge is 0.158 e. The van der Waals surface area contributed by atoms with Crippen LogP contribution in [0.1, 0.15) is 19.5 Å². The van der Waals surface area contributed by atoms with Crippen LogP contribution in [0.25, 0.3) is 0 Å². The topological polar surface area (TPSA) is 64.8 Å². The van der Waals surface area contributed by atoms with Crippen LogP contribution in [0, 0.1) is 11.3 Å². The second kappa shape index (κ2) is 4.06. The highest BCUT2D eigenvalue weighted by Gasteiger charge is 2.26. The van der Waals surface area contributed by atoms with Gasteiger partial charge in [-0.15, -0.1) is 0 Å². The van der Waals surface area contributed by atoms with Crippen LogP contribution in [-0.4, -0.2) is 35.1 Å². The maximum absolute atomic E-state index is 8.65. The van der Waals surface area contributed by atoms with E-state index in [0.29, 0.717) is 5.69 Å². The molecule has 84 valence electrons. The van der Waals surface area contributed by atoms with E-state index in [4.69, 9.17) is 5.26 Å². The summed E-state index contributed by atoms with van der Waals surface area (Å²) in [5.41, 5.74) is 0.450. The van der Waals surface area contributed by atoms with E-state index in [1.54, 1.807) is 6.20 Å². The van der Waals surface area contributed by atoms with Gasteiger partial charge in [0.2, 0.25) is 0 Å². The normalized spacial score (nSPS) is 19.2. The molecule has 0 unspecified atom stereocenters. The Hall–Kier alpha value is -1.67. The van der Waals surface area contributed by atoms with Crippen molar-refractivity contribution in [1.82, 2.24) is 15.3 Å². The van der Waals surface area contributed by atoms with Gasteiger partial charge in [0.1, 0.15) is 11.9 Å². The summed E-state index contributed by atoms with van der Waals surface area (Å²) in [5.74, 6) is 0.841. The van der Waals surface area contributed by atoms with E-state index >= 15 is 0 Å². The molecule has 1 aromatic heterocycles. The third-order valence-electron chi connectivity index (χ3n) is 2.65. The summed E-state index contributed by atoms with van der Waals surface area (Å²) in [7, 11) is 0. The molecular weight excluding hydrogens is 202 g/mol. The lowest BCUT2D eigenvalue weighted by Gasteiger charge is -2.39. The van der Waals surface area contributed by atoms with Crippen LogP contribution in [0.5, 0.6) is 0 Å². The second-order valence-electron chi connectivity index (χ2n) is 4.60. The van der Waals surface area contributed by atoms with Crippen LogP contribution in [0.15, 0.2) is 12.4 Å². The predicted molar refractivity (Wildman–Crippen MR) is 61.0 cm³/mol. The summed E-state index contributed by atoms with van der Waals surface area (Å²) < 4.78 is 0. The molecule has 2 rings (SSSR count). The lowest BCUT2D eigenvalue weighted by molar-refractivity contribution is 0.351. The molecule has 0 bridgehead atoms. The Balaban J connectivity index is 2.15. The summed E-state index contributed by atoms with van der Waals surface area (Å²) in [5, 5.41) is 12.1. The van der Waals surface area contributed by atoms with Crippen molar-refractivity contribution in [3.8, 4) is 6.07 Å². The zero-order chi connectivity index (χ0) is 11.6. The fourth-order valence-corrected chi connectivity index (χ4v) is 1.88. The molecule has 1 N–H and O–H groups in total. The summed E-state index contributed by atoms with van der Waals surface area (Å²) in [6, 6.07) is 1.97.